The second kappa shape index (κ2) is 9.85. The van der Waals surface area contributed by atoms with Crippen LogP contribution < -0.4 is 10.6 Å². The smallest absolute Gasteiger partial charge is 0.342 e. The van der Waals surface area contributed by atoms with Gasteiger partial charge < -0.3 is 15.7 Å². The zero-order valence-corrected chi connectivity index (χ0v) is 19.6. The molecule has 1 aliphatic carbocycles. The number of phenols is 1. The van der Waals surface area contributed by atoms with Crippen LogP contribution in [-0.4, -0.2) is 26.8 Å². The molecule has 3 N–H and O–H groups in total. The molecule has 0 aliphatic heterocycles. The minimum Gasteiger partial charge on any atom is -0.507 e. The van der Waals surface area contributed by atoms with Crippen molar-refractivity contribution in [2.75, 3.05) is 5.32 Å². The summed E-state index contributed by atoms with van der Waals surface area (Å²) in [5, 5.41) is 21.5. The van der Waals surface area contributed by atoms with Crippen molar-refractivity contribution in [2.24, 2.45) is 0 Å². The number of amides is 2. The van der Waals surface area contributed by atoms with Crippen LogP contribution in [-0.2, 0) is 11.3 Å². The molecule has 0 bridgehead atoms. The summed E-state index contributed by atoms with van der Waals surface area (Å²) in [6, 6.07) is 11.4. The van der Waals surface area contributed by atoms with Crippen LogP contribution in [0.3, 0.4) is 0 Å². The van der Waals surface area contributed by atoms with Crippen LogP contribution in [0.25, 0.3) is 11.3 Å². The lowest BCUT2D eigenvalue weighted by atomic mass is 9.82. The van der Waals surface area contributed by atoms with Crippen LogP contribution in [0.4, 0.5) is 10.5 Å². The predicted molar refractivity (Wildman–Crippen MR) is 129 cm³/mol. The first-order valence-electron chi connectivity index (χ1n) is 10.8. The summed E-state index contributed by atoms with van der Waals surface area (Å²) in [6.07, 6.45) is 3.39. The average Bonchev–Trinajstić information content (AvgIpc) is 3.18. The van der Waals surface area contributed by atoms with Gasteiger partial charge >= 0.3 is 6.03 Å². The third kappa shape index (κ3) is 5.15. The number of carbonyl (C=O) groups excluding carboxylic acids is 2. The van der Waals surface area contributed by atoms with E-state index in [2.05, 4.69) is 15.7 Å². The molecule has 7 nitrogen and oxygen atoms in total. The van der Waals surface area contributed by atoms with E-state index in [4.69, 9.17) is 23.2 Å². The highest BCUT2D eigenvalue weighted by molar-refractivity contribution is 6.42. The Morgan fingerprint density at radius 1 is 1.12 bits per heavy atom. The third-order valence-electron chi connectivity index (χ3n) is 5.76. The molecule has 1 saturated carbocycles. The summed E-state index contributed by atoms with van der Waals surface area (Å²) < 4.78 is 1.37. The second-order valence-electron chi connectivity index (χ2n) is 8.03. The number of nitrogens with one attached hydrogen (secondary N) is 2. The summed E-state index contributed by atoms with van der Waals surface area (Å²) in [5.74, 6) is 0.117. The molecular formula is C24H24Cl2N4O3. The van der Waals surface area contributed by atoms with Crippen LogP contribution in [0.15, 0.2) is 42.5 Å². The van der Waals surface area contributed by atoms with E-state index in [1.54, 1.807) is 37.3 Å². The number of aromatic hydroxyl groups is 1. The molecule has 0 atom stereocenters. The lowest BCUT2D eigenvalue weighted by Crippen LogP contribution is -2.31. The highest BCUT2D eigenvalue weighted by Gasteiger charge is 2.27. The molecule has 0 unspecified atom stereocenters. The van der Waals surface area contributed by atoms with Gasteiger partial charge in [0.1, 0.15) is 5.75 Å². The Morgan fingerprint density at radius 2 is 1.91 bits per heavy atom. The van der Waals surface area contributed by atoms with Gasteiger partial charge in [0.15, 0.2) is 0 Å². The van der Waals surface area contributed by atoms with E-state index in [-0.39, 0.29) is 30.2 Å². The highest BCUT2D eigenvalue weighted by atomic mass is 35.5. The molecule has 0 radical (unpaired) electrons. The lowest BCUT2D eigenvalue weighted by molar-refractivity contribution is -0.115. The zero-order valence-electron chi connectivity index (χ0n) is 18.1. The number of nitrogens with zero attached hydrogens (tertiary/aromatic N) is 2. The van der Waals surface area contributed by atoms with E-state index < -0.39 is 0 Å². The molecule has 0 spiro atoms. The fourth-order valence-corrected chi connectivity index (χ4v) is 3.98. The quantitative estimate of drug-likeness (QED) is 0.375. The van der Waals surface area contributed by atoms with Crippen LogP contribution in [0.2, 0.25) is 10.0 Å². The van der Waals surface area contributed by atoms with Crippen LogP contribution >= 0.6 is 23.2 Å². The van der Waals surface area contributed by atoms with Gasteiger partial charge in [-0.2, -0.15) is 9.78 Å². The third-order valence-corrected chi connectivity index (χ3v) is 6.50. The maximum atomic E-state index is 13.0. The Hall–Kier alpha value is -3.03. The van der Waals surface area contributed by atoms with Gasteiger partial charge in [0.2, 0.25) is 5.91 Å². The molecule has 2 amide bonds. The van der Waals surface area contributed by atoms with Crippen molar-refractivity contribution in [3.05, 3.63) is 63.8 Å². The molecule has 1 aliphatic rings. The number of anilines is 1. The van der Waals surface area contributed by atoms with Crippen molar-refractivity contribution in [1.29, 1.82) is 0 Å². The molecular weight excluding hydrogens is 463 g/mol. The molecule has 172 valence electrons. The minimum absolute atomic E-state index is 0.0190. The highest BCUT2D eigenvalue weighted by Crippen LogP contribution is 2.39. The number of benzene rings is 2. The van der Waals surface area contributed by atoms with Crippen LogP contribution in [0.1, 0.15) is 49.8 Å². The van der Waals surface area contributed by atoms with E-state index in [0.29, 0.717) is 33.4 Å². The summed E-state index contributed by atoms with van der Waals surface area (Å²) >= 11 is 12.0. The molecule has 33 heavy (non-hydrogen) atoms. The number of phenolic OH excluding ortho intramolecular Hbond substituents is 1. The summed E-state index contributed by atoms with van der Waals surface area (Å²) in [6.45, 7) is 2.03. The monoisotopic (exact) mass is 486 g/mol. The van der Waals surface area contributed by atoms with Crippen molar-refractivity contribution in [3.63, 3.8) is 0 Å². The maximum absolute atomic E-state index is 13.0. The molecule has 1 aromatic heterocycles. The Balaban J connectivity index is 1.61. The van der Waals surface area contributed by atoms with Crippen LogP contribution in [0, 0.1) is 0 Å². The van der Waals surface area contributed by atoms with Crippen molar-refractivity contribution in [3.8, 4) is 17.0 Å². The van der Waals surface area contributed by atoms with Gasteiger partial charge in [0, 0.05) is 30.1 Å². The van der Waals surface area contributed by atoms with E-state index in [0.717, 1.165) is 30.5 Å². The van der Waals surface area contributed by atoms with Gasteiger partial charge in [-0.1, -0.05) is 42.6 Å². The number of hydrogen-bond donors (Lipinski definition) is 3. The summed E-state index contributed by atoms with van der Waals surface area (Å²) in [4.78, 5) is 24.8. The Bertz CT molecular complexity index is 1200. The molecule has 3 aromatic rings. The molecule has 1 fully saturated rings. The van der Waals surface area contributed by atoms with Crippen molar-refractivity contribution in [1.82, 2.24) is 15.1 Å². The minimum atomic E-state index is -0.371. The van der Waals surface area contributed by atoms with Crippen molar-refractivity contribution in [2.45, 2.75) is 45.1 Å². The van der Waals surface area contributed by atoms with Gasteiger partial charge in [-0.15, -0.1) is 0 Å². The van der Waals surface area contributed by atoms with Gasteiger partial charge in [0.05, 0.1) is 21.4 Å². The van der Waals surface area contributed by atoms with Gasteiger partial charge in [-0.25, -0.2) is 4.79 Å². The molecule has 4 rings (SSSR count). The topological polar surface area (TPSA) is 96.2 Å². The largest absolute Gasteiger partial charge is 0.507 e. The lowest BCUT2D eigenvalue weighted by Gasteiger charge is -2.25. The van der Waals surface area contributed by atoms with E-state index >= 15 is 0 Å². The zero-order chi connectivity index (χ0) is 23.5. The molecule has 0 saturated heterocycles. The summed E-state index contributed by atoms with van der Waals surface area (Å²) in [7, 11) is 0. The molecule has 9 heteroatoms. The number of aromatic nitrogens is 2. The first-order valence-corrected chi connectivity index (χ1v) is 11.6. The average molecular weight is 487 g/mol. The Kier molecular flexibility index (Phi) is 6.91. The van der Waals surface area contributed by atoms with Gasteiger partial charge in [-0.05, 0) is 54.8 Å². The summed E-state index contributed by atoms with van der Waals surface area (Å²) in [5.41, 5.74) is 3.07. The number of carbonyl (C=O) groups is 2. The Morgan fingerprint density at radius 3 is 2.58 bits per heavy atom. The first kappa shape index (κ1) is 23.1. The predicted octanol–water partition coefficient (Wildman–Crippen LogP) is 5.94. The van der Waals surface area contributed by atoms with Gasteiger partial charge in [-0.3, -0.25) is 4.79 Å². The van der Waals surface area contributed by atoms with Crippen LogP contribution in [0.5, 0.6) is 5.75 Å². The van der Waals surface area contributed by atoms with Crippen molar-refractivity contribution < 1.29 is 14.7 Å². The fourth-order valence-electron chi connectivity index (χ4n) is 3.66. The standard InChI is InChI=1S/C24H24Cl2N4O3/c1-2-23(32)28-16-7-9-22(31)17(11-16)20-12-21(15-4-3-5-15)30(29-20)24(33)27-13-14-6-8-18(25)19(26)10-14/h6-12,15,31H,2-5,13H2,1H3,(H,27,33)(H,28,32). The SMILES string of the molecule is CCC(=O)Nc1ccc(O)c(-c2cc(C3CCC3)n(C(=O)NCc3ccc(Cl)c(Cl)c3)n2)c1. The normalized spacial score (nSPS) is 13.4. The van der Waals surface area contributed by atoms with E-state index in [1.165, 1.54) is 10.7 Å². The van der Waals surface area contributed by atoms with E-state index in [9.17, 15) is 14.7 Å². The molecule has 1 heterocycles. The number of halogens is 2. The van der Waals surface area contributed by atoms with Gasteiger partial charge in [0.25, 0.3) is 0 Å². The number of hydrogen-bond acceptors (Lipinski definition) is 4. The first-order chi connectivity index (χ1) is 15.9. The Labute approximate surface area is 201 Å². The molecule has 2 aromatic carbocycles. The fraction of sp³-hybridized carbons (Fsp3) is 0.292. The maximum Gasteiger partial charge on any atom is 0.342 e. The second-order valence-corrected chi connectivity index (χ2v) is 8.85. The van der Waals surface area contributed by atoms with E-state index in [1.807, 2.05) is 6.07 Å². The van der Waals surface area contributed by atoms with Crippen molar-refractivity contribution >= 4 is 40.8 Å². The number of rotatable bonds is 6.